The van der Waals surface area contributed by atoms with Crippen molar-refractivity contribution in [2.45, 2.75) is 45.5 Å². The van der Waals surface area contributed by atoms with Gasteiger partial charge in [-0.1, -0.05) is 50.5 Å². The highest BCUT2D eigenvalue weighted by atomic mass is 79.9. The Kier molecular flexibility index (Phi) is 3.63. The Bertz CT molecular complexity index is 346. The summed E-state index contributed by atoms with van der Waals surface area (Å²) in [6.45, 7) is 9.79. The van der Waals surface area contributed by atoms with Crippen LogP contribution in [0.4, 0.5) is 4.79 Å². The summed E-state index contributed by atoms with van der Waals surface area (Å²) in [4.78, 5) is 24.5. The van der Waals surface area contributed by atoms with Gasteiger partial charge in [0.25, 0.3) is 0 Å². The van der Waals surface area contributed by atoms with Crippen molar-refractivity contribution >= 4 is 27.8 Å². The van der Waals surface area contributed by atoms with Gasteiger partial charge in [0.1, 0.15) is 0 Å². The molecule has 1 aliphatic rings. The molecule has 1 aliphatic heterocycles. The SMILES string of the molecule is CC(C)(C)C1N(C(=O)O)CC(Br)C(=O)C1(C)C. The van der Waals surface area contributed by atoms with Crippen molar-refractivity contribution in [3.63, 3.8) is 0 Å². The molecule has 0 spiro atoms. The molecule has 1 amide bonds. The average molecular weight is 306 g/mol. The smallest absolute Gasteiger partial charge is 0.407 e. The van der Waals surface area contributed by atoms with E-state index in [9.17, 15) is 14.7 Å². The fourth-order valence-electron chi connectivity index (χ4n) is 3.03. The number of likely N-dealkylation sites (tertiary alicyclic amines) is 1. The lowest BCUT2D eigenvalue weighted by atomic mass is 9.65. The predicted molar refractivity (Wildman–Crippen MR) is 69.5 cm³/mol. The average Bonchev–Trinajstić information content (AvgIpc) is 2.10. The van der Waals surface area contributed by atoms with Crippen LogP contribution in [0.1, 0.15) is 34.6 Å². The maximum atomic E-state index is 12.2. The Balaban J connectivity index is 3.25. The Morgan fingerprint density at radius 2 is 1.94 bits per heavy atom. The molecule has 0 aliphatic carbocycles. The molecule has 0 bridgehead atoms. The summed E-state index contributed by atoms with van der Waals surface area (Å²) in [5.74, 6) is 0.0786. The standard InChI is InChI=1S/C12H20BrNO3/c1-11(2,3)9-12(4,5)8(15)7(13)6-14(9)10(16)17/h7,9H,6H2,1-5H3,(H,16,17). The number of Topliss-reactive ketones (excluding diaryl/α,β-unsaturated/α-hetero) is 1. The number of carboxylic acid groups (broad SMARTS) is 1. The third kappa shape index (κ3) is 2.49. The first-order valence-electron chi connectivity index (χ1n) is 5.67. The lowest BCUT2D eigenvalue weighted by Crippen LogP contribution is -2.64. The van der Waals surface area contributed by atoms with E-state index in [4.69, 9.17) is 0 Å². The minimum absolute atomic E-state index is 0.0786. The van der Waals surface area contributed by atoms with Crippen molar-refractivity contribution in [3.05, 3.63) is 0 Å². The van der Waals surface area contributed by atoms with Crippen molar-refractivity contribution in [2.24, 2.45) is 10.8 Å². The number of amides is 1. The normalized spacial score (nSPS) is 29.3. The summed E-state index contributed by atoms with van der Waals surface area (Å²) in [6.07, 6.45) is -0.963. The quantitative estimate of drug-likeness (QED) is 0.700. The molecule has 1 heterocycles. The van der Waals surface area contributed by atoms with Crippen LogP contribution in [0.2, 0.25) is 0 Å². The van der Waals surface area contributed by atoms with Gasteiger partial charge in [-0.3, -0.25) is 4.79 Å². The number of nitrogens with zero attached hydrogens (tertiary/aromatic N) is 1. The lowest BCUT2D eigenvalue weighted by Gasteiger charge is -2.51. The molecule has 5 heteroatoms. The summed E-state index contributed by atoms with van der Waals surface area (Å²) in [5, 5.41) is 9.30. The third-order valence-electron chi connectivity index (χ3n) is 3.34. The van der Waals surface area contributed by atoms with E-state index in [1.807, 2.05) is 34.6 Å². The first kappa shape index (κ1) is 14.5. The van der Waals surface area contributed by atoms with Gasteiger partial charge in [0.2, 0.25) is 0 Å². The number of halogens is 1. The van der Waals surface area contributed by atoms with Gasteiger partial charge < -0.3 is 10.0 Å². The van der Waals surface area contributed by atoms with Gasteiger partial charge in [-0.2, -0.15) is 0 Å². The van der Waals surface area contributed by atoms with Gasteiger partial charge in [-0.05, 0) is 5.41 Å². The van der Waals surface area contributed by atoms with Crippen LogP contribution in [0.5, 0.6) is 0 Å². The zero-order valence-electron chi connectivity index (χ0n) is 11.0. The molecule has 98 valence electrons. The van der Waals surface area contributed by atoms with Crippen LogP contribution in [0.25, 0.3) is 0 Å². The molecule has 0 saturated carbocycles. The van der Waals surface area contributed by atoms with E-state index in [0.29, 0.717) is 0 Å². The van der Waals surface area contributed by atoms with Crippen LogP contribution in [0, 0.1) is 10.8 Å². The summed E-state index contributed by atoms with van der Waals surface area (Å²) >= 11 is 3.28. The van der Waals surface area contributed by atoms with Gasteiger partial charge in [0.05, 0.1) is 10.9 Å². The van der Waals surface area contributed by atoms with Crippen molar-refractivity contribution in [2.75, 3.05) is 6.54 Å². The van der Waals surface area contributed by atoms with E-state index in [1.54, 1.807) is 0 Å². The monoisotopic (exact) mass is 305 g/mol. The Labute approximate surface area is 110 Å². The largest absolute Gasteiger partial charge is 0.465 e. The van der Waals surface area contributed by atoms with Crippen LogP contribution >= 0.6 is 15.9 Å². The number of carbonyl (C=O) groups excluding carboxylic acids is 1. The Morgan fingerprint density at radius 3 is 2.29 bits per heavy atom. The zero-order chi connectivity index (χ0) is 13.6. The number of carbonyl (C=O) groups is 2. The van der Waals surface area contributed by atoms with Crippen LogP contribution in [-0.2, 0) is 4.79 Å². The Hall–Kier alpha value is -0.580. The summed E-state index contributed by atoms with van der Waals surface area (Å²) < 4.78 is 0. The van der Waals surface area contributed by atoms with E-state index in [0.717, 1.165) is 0 Å². The topological polar surface area (TPSA) is 57.6 Å². The second kappa shape index (κ2) is 4.26. The van der Waals surface area contributed by atoms with Gasteiger partial charge in [-0.25, -0.2) is 4.79 Å². The molecule has 2 unspecified atom stereocenters. The lowest BCUT2D eigenvalue weighted by molar-refractivity contribution is -0.137. The van der Waals surface area contributed by atoms with Crippen LogP contribution in [-0.4, -0.2) is 39.3 Å². The summed E-state index contributed by atoms with van der Waals surface area (Å²) in [5.41, 5.74) is -0.951. The number of piperidine rings is 1. The van der Waals surface area contributed by atoms with E-state index < -0.39 is 16.3 Å². The van der Waals surface area contributed by atoms with Crippen molar-refractivity contribution < 1.29 is 14.7 Å². The Morgan fingerprint density at radius 1 is 1.47 bits per heavy atom. The van der Waals surface area contributed by atoms with Gasteiger partial charge in [0.15, 0.2) is 5.78 Å². The van der Waals surface area contributed by atoms with Crippen LogP contribution in [0.15, 0.2) is 0 Å². The first-order chi connectivity index (χ1) is 7.49. The van der Waals surface area contributed by atoms with E-state index >= 15 is 0 Å². The molecule has 17 heavy (non-hydrogen) atoms. The fourth-order valence-corrected chi connectivity index (χ4v) is 3.93. The zero-order valence-corrected chi connectivity index (χ0v) is 12.5. The van der Waals surface area contributed by atoms with Gasteiger partial charge in [0, 0.05) is 12.0 Å². The minimum atomic E-state index is -0.963. The number of hydrogen-bond donors (Lipinski definition) is 1. The molecule has 2 atom stereocenters. The highest BCUT2D eigenvalue weighted by Crippen LogP contribution is 2.43. The number of ketones is 1. The van der Waals surface area contributed by atoms with Crippen LogP contribution < -0.4 is 0 Å². The second-order valence-corrected chi connectivity index (χ2v) is 7.36. The number of hydrogen-bond acceptors (Lipinski definition) is 2. The maximum Gasteiger partial charge on any atom is 0.407 e. The molecule has 0 aromatic rings. The van der Waals surface area contributed by atoms with Gasteiger partial charge in [-0.15, -0.1) is 0 Å². The molecular weight excluding hydrogens is 286 g/mol. The molecule has 1 saturated heterocycles. The van der Waals surface area contributed by atoms with Crippen molar-refractivity contribution in [1.29, 1.82) is 0 Å². The molecule has 4 nitrogen and oxygen atoms in total. The molecule has 0 aromatic carbocycles. The maximum absolute atomic E-state index is 12.2. The molecule has 1 rings (SSSR count). The van der Waals surface area contributed by atoms with E-state index in [2.05, 4.69) is 15.9 Å². The summed E-state index contributed by atoms with van der Waals surface area (Å²) in [6, 6.07) is -0.311. The molecule has 0 radical (unpaired) electrons. The number of rotatable bonds is 0. The highest BCUT2D eigenvalue weighted by molar-refractivity contribution is 9.10. The van der Waals surface area contributed by atoms with Crippen LogP contribution in [0.3, 0.4) is 0 Å². The second-order valence-electron chi connectivity index (χ2n) is 6.26. The molecule has 1 N–H and O–H groups in total. The predicted octanol–water partition coefficient (Wildman–Crippen LogP) is 2.75. The molecular formula is C12H20BrNO3. The third-order valence-corrected chi connectivity index (χ3v) is 4.04. The van der Waals surface area contributed by atoms with Gasteiger partial charge >= 0.3 is 6.09 Å². The number of alkyl halides is 1. The molecule has 1 fully saturated rings. The fraction of sp³-hybridized carbons (Fsp3) is 0.833. The first-order valence-corrected chi connectivity index (χ1v) is 6.59. The minimum Gasteiger partial charge on any atom is -0.465 e. The summed E-state index contributed by atoms with van der Waals surface area (Å²) in [7, 11) is 0. The van der Waals surface area contributed by atoms with Crippen molar-refractivity contribution in [3.8, 4) is 0 Å². The molecule has 0 aromatic heterocycles. The van der Waals surface area contributed by atoms with E-state index in [1.165, 1.54) is 4.90 Å². The van der Waals surface area contributed by atoms with E-state index in [-0.39, 0.29) is 23.8 Å². The highest BCUT2D eigenvalue weighted by Gasteiger charge is 2.53. The van der Waals surface area contributed by atoms with Crippen molar-refractivity contribution in [1.82, 2.24) is 4.90 Å².